The summed E-state index contributed by atoms with van der Waals surface area (Å²) in [6.07, 6.45) is 0.496. The van der Waals surface area contributed by atoms with Crippen molar-refractivity contribution >= 4 is 5.97 Å². The van der Waals surface area contributed by atoms with Gasteiger partial charge in [-0.15, -0.1) is 0 Å². The lowest BCUT2D eigenvalue weighted by Crippen LogP contribution is -2.12. The van der Waals surface area contributed by atoms with Crippen LogP contribution >= 0.6 is 0 Å². The molecule has 0 aliphatic carbocycles. The third-order valence-electron chi connectivity index (χ3n) is 1.58. The quantitative estimate of drug-likeness (QED) is 0.657. The Morgan fingerprint density at radius 3 is 2.91 bits per heavy atom. The number of carboxylic acids is 1. The molecule has 0 radical (unpaired) electrons. The first-order chi connectivity index (χ1) is 5.18. The van der Waals surface area contributed by atoms with Crippen LogP contribution in [0, 0.1) is 0 Å². The van der Waals surface area contributed by atoms with E-state index in [1.807, 2.05) is 0 Å². The third-order valence-corrected chi connectivity index (χ3v) is 1.58. The maximum Gasteiger partial charge on any atom is 0.303 e. The van der Waals surface area contributed by atoms with Crippen molar-refractivity contribution in [2.24, 2.45) is 0 Å². The molecule has 0 spiro atoms. The molecule has 64 valence electrons. The van der Waals surface area contributed by atoms with Crippen LogP contribution in [0.4, 0.5) is 0 Å². The van der Waals surface area contributed by atoms with Crippen molar-refractivity contribution in [2.45, 2.75) is 32.2 Å². The summed E-state index contributed by atoms with van der Waals surface area (Å²) in [5, 5.41) is 8.34. The van der Waals surface area contributed by atoms with Gasteiger partial charge in [-0.05, 0) is 13.3 Å². The fourth-order valence-corrected chi connectivity index (χ4v) is 1.03. The van der Waals surface area contributed by atoms with Crippen molar-refractivity contribution in [3.05, 3.63) is 0 Å². The Kier molecular flexibility index (Phi) is 2.84. The second-order valence-corrected chi connectivity index (χ2v) is 2.59. The topological polar surface area (TPSA) is 55.8 Å². The molecule has 0 saturated carbocycles. The van der Waals surface area contributed by atoms with Crippen LogP contribution in [0.25, 0.3) is 0 Å². The zero-order valence-electron chi connectivity index (χ0n) is 6.45. The first-order valence-corrected chi connectivity index (χ1v) is 3.67. The maximum absolute atomic E-state index is 10.1. The molecule has 0 aromatic heterocycles. The van der Waals surface area contributed by atoms with E-state index in [1.165, 1.54) is 0 Å². The Hall–Kier alpha value is -0.610. The Balaban J connectivity index is 2.13. The standard InChI is InChI=1S/C7H12O4/c1-5-10-4-6(11-5)2-3-7(8)9/h5-6H,2-4H2,1H3,(H,8,9). The van der Waals surface area contributed by atoms with Crippen LogP contribution in [0.15, 0.2) is 0 Å². The highest BCUT2D eigenvalue weighted by atomic mass is 16.7. The molecule has 4 nitrogen and oxygen atoms in total. The summed E-state index contributed by atoms with van der Waals surface area (Å²) in [5.41, 5.74) is 0. The average Bonchev–Trinajstić information content (AvgIpc) is 2.31. The van der Waals surface area contributed by atoms with E-state index in [0.29, 0.717) is 13.0 Å². The summed E-state index contributed by atoms with van der Waals surface area (Å²) < 4.78 is 10.3. The minimum Gasteiger partial charge on any atom is -0.481 e. The molecule has 1 aliphatic rings. The molecule has 4 heteroatoms. The van der Waals surface area contributed by atoms with Crippen LogP contribution in [-0.2, 0) is 14.3 Å². The van der Waals surface area contributed by atoms with Crippen LogP contribution in [0.2, 0.25) is 0 Å². The summed E-state index contributed by atoms with van der Waals surface area (Å²) in [6, 6.07) is 0. The molecule has 1 saturated heterocycles. The predicted octanol–water partition coefficient (Wildman–Crippen LogP) is 0.613. The smallest absolute Gasteiger partial charge is 0.303 e. The van der Waals surface area contributed by atoms with Crippen LogP contribution in [0.5, 0.6) is 0 Å². The second kappa shape index (κ2) is 3.69. The predicted molar refractivity (Wildman–Crippen MR) is 37.2 cm³/mol. The summed E-state index contributed by atoms with van der Waals surface area (Å²) >= 11 is 0. The molecule has 1 fully saturated rings. The number of hydrogen-bond acceptors (Lipinski definition) is 3. The highest BCUT2D eigenvalue weighted by Gasteiger charge is 2.22. The Morgan fingerprint density at radius 2 is 2.45 bits per heavy atom. The van der Waals surface area contributed by atoms with E-state index in [4.69, 9.17) is 14.6 Å². The molecule has 0 amide bonds. The van der Waals surface area contributed by atoms with E-state index in [0.717, 1.165) is 0 Å². The highest BCUT2D eigenvalue weighted by Crippen LogP contribution is 2.14. The molecule has 11 heavy (non-hydrogen) atoms. The number of carboxylic acid groups (broad SMARTS) is 1. The lowest BCUT2D eigenvalue weighted by molar-refractivity contribution is -0.137. The fourth-order valence-electron chi connectivity index (χ4n) is 1.03. The molecule has 0 aromatic rings. The van der Waals surface area contributed by atoms with Crippen molar-refractivity contribution in [3.8, 4) is 0 Å². The molecular formula is C7H12O4. The molecular weight excluding hydrogens is 148 g/mol. The van der Waals surface area contributed by atoms with E-state index < -0.39 is 5.97 Å². The van der Waals surface area contributed by atoms with Crippen LogP contribution < -0.4 is 0 Å². The average molecular weight is 160 g/mol. The first kappa shape index (κ1) is 8.49. The largest absolute Gasteiger partial charge is 0.481 e. The van der Waals surface area contributed by atoms with E-state index >= 15 is 0 Å². The molecule has 1 N–H and O–H groups in total. The van der Waals surface area contributed by atoms with Crippen molar-refractivity contribution in [1.82, 2.24) is 0 Å². The summed E-state index contributed by atoms with van der Waals surface area (Å²) in [5.74, 6) is -0.784. The van der Waals surface area contributed by atoms with Gasteiger partial charge in [0, 0.05) is 6.42 Å². The van der Waals surface area contributed by atoms with Crippen molar-refractivity contribution in [3.63, 3.8) is 0 Å². The lowest BCUT2D eigenvalue weighted by Gasteiger charge is -2.05. The summed E-state index contributed by atoms with van der Waals surface area (Å²) in [7, 11) is 0. The number of ether oxygens (including phenoxy) is 2. The number of aliphatic carboxylic acids is 1. The van der Waals surface area contributed by atoms with Crippen LogP contribution in [0.3, 0.4) is 0 Å². The molecule has 2 atom stereocenters. The monoisotopic (exact) mass is 160 g/mol. The van der Waals surface area contributed by atoms with Crippen molar-refractivity contribution < 1.29 is 19.4 Å². The van der Waals surface area contributed by atoms with Gasteiger partial charge in [0.05, 0.1) is 12.7 Å². The van der Waals surface area contributed by atoms with Gasteiger partial charge in [-0.25, -0.2) is 0 Å². The summed E-state index contributed by atoms with van der Waals surface area (Å²) in [4.78, 5) is 10.1. The van der Waals surface area contributed by atoms with Gasteiger partial charge in [0.2, 0.25) is 0 Å². The van der Waals surface area contributed by atoms with Crippen molar-refractivity contribution in [1.29, 1.82) is 0 Å². The zero-order valence-corrected chi connectivity index (χ0v) is 6.45. The van der Waals surface area contributed by atoms with E-state index in [2.05, 4.69) is 0 Å². The van der Waals surface area contributed by atoms with Crippen LogP contribution in [0.1, 0.15) is 19.8 Å². The molecule has 2 unspecified atom stereocenters. The number of hydrogen-bond donors (Lipinski definition) is 1. The lowest BCUT2D eigenvalue weighted by atomic mass is 10.2. The van der Waals surface area contributed by atoms with Gasteiger partial charge >= 0.3 is 5.97 Å². The highest BCUT2D eigenvalue weighted by molar-refractivity contribution is 5.66. The normalized spacial score (nSPS) is 30.6. The van der Waals surface area contributed by atoms with E-state index in [1.54, 1.807) is 6.92 Å². The van der Waals surface area contributed by atoms with Gasteiger partial charge < -0.3 is 14.6 Å². The summed E-state index contributed by atoms with van der Waals surface area (Å²) in [6.45, 7) is 2.33. The number of rotatable bonds is 3. The van der Waals surface area contributed by atoms with Gasteiger partial charge in [0.1, 0.15) is 0 Å². The van der Waals surface area contributed by atoms with Gasteiger partial charge in [-0.3, -0.25) is 4.79 Å². The molecule has 0 bridgehead atoms. The van der Waals surface area contributed by atoms with Crippen LogP contribution in [-0.4, -0.2) is 30.1 Å². The Morgan fingerprint density at radius 1 is 1.73 bits per heavy atom. The van der Waals surface area contributed by atoms with Gasteiger partial charge in [-0.1, -0.05) is 0 Å². The first-order valence-electron chi connectivity index (χ1n) is 3.67. The second-order valence-electron chi connectivity index (χ2n) is 2.59. The minimum absolute atomic E-state index is 0.0268. The van der Waals surface area contributed by atoms with E-state index in [9.17, 15) is 4.79 Å². The molecule has 1 heterocycles. The zero-order chi connectivity index (χ0) is 8.27. The maximum atomic E-state index is 10.1. The van der Waals surface area contributed by atoms with Gasteiger partial charge in [0.25, 0.3) is 0 Å². The molecule has 1 aliphatic heterocycles. The van der Waals surface area contributed by atoms with Gasteiger partial charge in [0.15, 0.2) is 6.29 Å². The SMILES string of the molecule is CC1OCC(CCC(=O)O)O1. The Labute approximate surface area is 65.1 Å². The van der Waals surface area contributed by atoms with E-state index in [-0.39, 0.29) is 18.8 Å². The molecule has 0 aromatic carbocycles. The Bertz CT molecular complexity index is 145. The third kappa shape index (κ3) is 2.86. The number of carbonyl (C=O) groups is 1. The molecule has 1 rings (SSSR count). The fraction of sp³-hybridized carbons (Fsp3) is 0.857. The van der Waals surface area contributed by atoms with Crippen molar-refractivity contribution in [2.75, 3.05) is 6.61 Å². The van der Waals surface area contributed by atoms with Gasteiger partial charge in [-0.2, -0.15) is 0 Å². The minimum atomic E-state index is -0.784.